The van der Waals surface area contributed by atoms with Crippen molar-refractivity contribution in [2.75, 3.05) is 0 Å². The van der Waals surface area contributed by atoms with Gasteiger partial charge in [0, 0.05) is 0 Å². The summed E-state index contributed by atoms with van der Waals surface area (Å²) in [5.41, 5.74) is 0.854. The Morgan fingerprint density at radius 1 is 1.19 bits per heavy atom. The summed E-state index contributed by atoms with van der Waals surface area (Å²) in [7, 11) is -6.40. The first-order valence-electron chi connectivity index (χ1n) is 3.83. The van der Waals surface area contributed by atoms with E-state index in [1.165, 1.54) is 0 Å². The zero-order valence-electron chi connectivity index (χ0n) is 7.86. The van der Waals surface area contributed by atoms with Crippen LogP contribution in [0.15, 0.2) is 35.3 Å². The van der Waals surface area contributed by atoms with Gasteiger partial charge in [-0.05, 0) is 24.4 Å². The topological polar surface area (TPSA) is 96.2 Å². The molecule has 0 bridgehead atoms. The summed E-state index contributed by atoms with van der Waals surface area (Å²) in [6, 6.07) is 9.50. The van der Waals surface area contributed by atoms with Crippen molar-refractivity contribution >= 4 is 39.6 Å². The van der Waals surface area contributed by atoms with Crippen LogP contribution in [-0.4, -0.2) is 14.9 Å². The highest BCUT2D eigenvalue weighted by Crippen LogP contribution is 2.30. The van der Waals surface area contributed by atoms with Crippen LogP contribution in [0.4, 0.5) is 5.69 Å². The fourth-order valence-corrected chi connectivity index (χ4v) is 1.33. The number of benzene rings is 1. The smallest absolute Gasteiger partial charge is 0.323 e. The largest absolute Gasteiger partial charge is 0.326 e. The van der Waals surface area contributed by atoms with Crippen LogP contribution in [-0.2, 0) is 13.4 Å². The maximum absolute atomic E-state index is 9.44. The monoisotopic (exact) mass is 281 g/mol. The Morgan fingerprint density at radius 3 is 2.00 bits per heavy atom. The van der Waals surface area contributed by atoms with Gasteiger partial charge in [-0.1, -0.05) is 18.2 Å². The minimum Gasteiger partial charge on any atom is -0.326 e. The molecule has 0 heterocycles. The number of aliphatic imine (C=N–C) groups is 1. The lowest BCUT2D eigenvalue weighted by atomic mass is 10.3. The first-order valence-corrected chi connectivity index (χ1v) is 6.76. The third-order valence-corrected chi connectivity index (χ3v) is 2.59. The fraction of sp³-hybridized carbons (Fsp3) is 0. The fourth-order valence-electron chi connectivity index (χ4n) is 0.630. The van der Waals surface area contributed by atoms with Gasteiger partial charge in [0.15, 0.2) is 0 Å². The first kappa shape index (κ1) is 15.4. The number of hydrogen-bond acceptors (Lipinski definition) is 5. The van der Waals surface area contributed by atoms with E-state index < -0.39 is 16.5 Å². The molecule has 0 fully saturated rings. The molecule has 88 valence electrons. The Labute approximate surface area is 98.5 Å². The van der Waals surface area contributed by atoms with Gasteiger partial charge in [-0.15, -0.1) is 0 Å². The van der Waals surface area contributed by atoms with Crippen LogP contribution in [0, 0.1) is 0 Å². The van der Waals surface area contributed by atoms with E-state index in [0.29, 0.717) is 0 Å². The van der Waals surface area contributed by atoms with Crippen molar-refractivity contribution in [2.24, 2.45) is 4.99 Å². The molecule has 0 aliphatic heterocycles. The van der Waals surface area contributed by atoms with Crippen LogP contribution >= 0.6 is 28.7 Å². The maximum Gasteiger partial charge on any atom is 0.323 e. The number of thiocarbonyl (C=S) groups is 1. The SMILES string of the molecule is O=[PH](O)O[PH](=O)O.S=C=Nc1ccccc1. The van der Waals surface area contributed by atoms with Crippen LogP contribution in [0.3, 0.4) is 0 Å². The van der Waals surface area contributed by atoms with Gasteiger partial charge in [0.1, 0.15) is 0 Å². The van der Waals surface area contributed by atoms with Gasteiger partial charge in [0.2, 0.25) is 0 Å². The van der Waals surface area contributed by atoms with E-state index in [0.717, 1.165) is 5.69 Å². The summed E-state index contributed by atoms with van der Waals surface area (Å²) in [5.74, 6) is 0. The summed E-state index contributed by atoms with van der Waals surface area (Å²) in [6.07, 6.45) is 0. The second-order valence-electron chi connectivity index (χ2n) is 2.17. The minimum absolute atomic E-state index is 0.854. The summed E-state index contributed by atoms with van der Waals surface area (Å²) < 4.78 is 22.3. The van der Waals surface area contributed by atoms with Crippen LogP contribution in [0.1, 0.15) is 0 Å². The van der Waals surface area contributed by atoms with E-state index in [2.05, 4.69) is 26.7 Å². The van der Waals surface area contributed by atoms with Crippen molar-refractivity contribution in [2.45, 2.75) is 0 Å². The maximum atomic E-state index is 9.44. The van der Waals surface area contributed by atoms with E-state index in [-0.39, 0.29) is 0 Å². The van der Waals surface area contributed by atoms with E-state index in [9.17, 15) is 9.13 Å². The Hall–Kier alpha value is -0.640. The highest BCUT2D eigenvalue weighted by molar-refractivity contribution is 7.78. The molecule has 0 amide bonds. The zero-order valence-corrected chi connectivity index (χ0v) is 10.7. The Kier molecular flexibility index (Phi) is 9.19. The van der Waals surface area contributed by atoms with Crippen molar-refractivity contribution in [1.29, 1.82) is 0 Å². The van der Waals surface area contributed by atoms with E-state index in [1.807, 2.05) is 30.3 Å². The minimum atomic E-state index is -3.20. The quantitative estimate of drug-likeness (QED) is 0.501. The number of isothiocyanates is 1. The zero-order chi connectivity index (χ0) is 12.4. The third kappa shape index (κ3) is 9.90. The number of nitrogens with zero attached hydrogens (tertiary/aromatic N) is 1. The molecule has 9 heteroatoms. The highest BCUT2D eigenvalue weighted by Gasteiger charge is 1.93. The van der Waals surface area contributed by atoms with Crippen molar-refractivity contribution in [3.63, 3.8) is 0 Å². The standard InChI is InChI=1S/C7H5NS.H4O5P2/c9-6-8-7-4-2-1-3-5-7;1-6(2)5-7(3)4/h1-5H;6-7H,(H,1,2)(H,3,4). The molecule has 0 aromatic heterocycles. The van der Waals surface area contributed by atoms with Gasteiger partial charge in [0.05, 0.1) is 10.8 Å². The van der Waals surface area contributed by atoms with Crippen molar-refractivity contribution in [3.8, 4) is 0 Å². The number of rotatable bonds is 3. The average Bonchev–Trinajstić information content (AvgIpc) is 2.18. The summed E-state index contributed by atoms with van der Waals surface area (Å²) in [6.45, 7) is 0. The number of para-hydroxylation sites is 1. The van der Waals surface area contributed by atoms with Crippen molar-refractivity contribution in [1.82, 2.24) is 0 Å². The molecule has 2 N–H and O–H groups in total. The Balaban J connectivity index is 0.000000293. The molecular formula is C7H9NO5P2S. The van der Waals surface area contributed by atoms with Crippen LogP contribution < -0.4 is 0 Å². The Bertz CT molecular complexity index is 394. The molecule has 1 rings (SSSR count). The lowest BCUT2D eigenvalue weighted by Crippen LogP contribution is -1.58. The van der Waals surface area contributed by atoms with Gasteiger partial charge in [-0.25, -0.2) is 4.31 Å². The molecule has 2 unspecified atom stereocenters. The lowest BCUT2D eigenvalue weighted by molar-refractivity contribution is 0.371. The first-order chi connectivity index (χ1) is 7.56. The Morgan fingerprint density at radius 2 is 1.69 bits per heavy atom. The normalized spacial score (nSPS) is 12.6. The summed E-state index contributed by atoms with van der Waals surface area (Å²) in [4.78, 5) is 19.2. The van der Waals surface area contributed by atoms with Crippen LogP contribution in [0.5, 0.6) is 0 Å². The molecule has 1 aromatic rings. The molecule has 0 aliphatic rings. The average molecular weight is 281 g/mol. The number of hydrogen-bond donors (Lipinski definition) is 2. The van der Waals surface area contributed by atoms with Gasteiger partial charge in [-0.2, -0.15) is 4.99 Å². The van der Waals surface area contributed by atoms with Crippen molar-refractivity contribution < 1.29 is 23.2 Å². The predicted octanol–water partition coefficient (Wildman–Crippen LogP) is 2.19. The molecular weight excluding hydrogens is 272 g/mol. The molecule has 0 saturated carbocycles. The van der Waals surface area contributed by atoms with E-state index >= 15 is 0 Å². The molecule has 1 aromatic carbocycles. The lowest BCUT2D eigenvalue weighted by Gasteiger charge is -1.86. The van der Waals surface area contributed by atoms with E-state index in [1.54, 1.807) is 0 Å². The van der Waals surface area contributed by atoms with Crippen LogP contribution in [0.2, 0.25) is 0 Å². The molecule has 0 aliphatic carbocycles. The van der Waals surface area contributed by atoms with Gasteiger partial charge in [-0.3, -0.25) is 9.13 Å². The van der Waals surface area contributed by atoms with Gasteiger partial charge < -0.3 is 9.79 Å². The third-order valence-electron chi connectivity index (χ3n) is 1.11. The molecule has 0 saturated heterocycles. The molecule has 0 radical (unpaired) electrons. The van der Waals surface area contributed by atoms with E-state index in [4.69, 9.17) is 9.79 Å². The van der Waals surface area contributed by atoms with Gasteiger partial charge >= 0.3 is 16.5 Å². The second kappa shape index (κ2) is 9.58. The van der Waals surface area contributed by atoms with Crippen LogP contribution in [0.25, 0.3) is 0 Å². The molecule has 0 spiro atoms. The predicted molar refractivity (Wildman–Crippen MR) is 64.7 cm³/mol. The molecule has 16 heavy (non-hydrogen) atoms. The summed E-state index contributed by atoms with van der Waals surface area (Å²) in [5, 5.41) is 2.29. The highest BCUT2D eigenvalue weighted by atomic mass is 32.1. The molecule has 6 nitrogen and oxygen atoms in total. The van der Waals surface area contributed by atoms with Gasteiger partial charge in [0.25, 0.3) is 0 Å². The molecule has 2 atom stereocenters. The summed E-state index contributed by atoms with van der Waals surface area (Å²) >= 11 is 4.42. The van der Waals surface area contributed by atoms with Crippen molar-refractivity contribution in [3.05, 3.63) is 30.3 Å². The second-order valence-corrected chi connectivity index (χ2v) is 4.24.